The molecule has 0 spiro atoms. The van der Waals surface area contributed by atoms with Gasteiger partial charge in [0.15, 0.2) is 11.5 Å². The molecule has 262 valence electrons. The largest absolute Gasteiger partial charge is 0.359 e. The number of nitrogens with zero attached hydrogens (tertiary/aromatic N) is 6. The van der Waals surface area contributed by atoms with Gasteiger partial charge in [-0.25, -0.2) is 4.68 Å². The summed E-state index contributed by atoms with van der Waals surface area (Å²) in [4.78, 5) is 68.7. The third kappa shape index (κ3) is 9.58. The van der Waals surface area contributed by atoms with E-state index in [1.54, 1.807) is 28.9 Å². The molecule has 0 saturated carbocycles. The number of carbonyl (C=O) groups excluding carboxylic acids is 5. The third-order valence-corrected chi connectivity index (χ3v) is 8.04. The molecule has 16 heteroatoms. The Morgan fingerprint density at radius 3 is 2.36 bits per heavy atom. The summed E-state index contributed by atoms with van der Waals surface area (Å²) < 4.78 is 6.97. The molecular weight excluding hydrogens is 644 g/mol. The van der Waals surface area contributed by atoms with Crippen molar-refractivity contribution in [2.75, 3.05) is 13.1 Å². The van der Waals surface area contributed by atoms with E-state index in [0.29, 0.717) is 18.5 Å². The molecule has 0 unspecified atom stereocenters. The summed E-state index contributed by atoms with van der Waals surface area (Å²) in [5, 5.41) is 26.0. The van der Waals surface area contributed by atoms with Gasteiger partial charge in [0, 0.05) is 31.1 Å². The van der Waals surface area contributed by atoms with Gasteiger partial charge in [0.2, 0.25) is 17.7 Å². The van der Waals surface area contributed by atoms with Crippen LogP contribution in [0.3, 0.4) is 0 Å². The van der Waals surface area contributed by atoms with Crippen molar-refractivity contribution < 1.29 is 28.5 Å². The number of hydrogen-bond acceptors (Lipinski definition) is 10. The molecule has 0 fully saturated rings. The zero-order valence-corrected chi connectivity index (χ0v) is 28.0. The van der Waals surface area contributed by atoms with Crippen molar-refractivity contribution in [1.82, 2.24) is 51.5 Å². The molecule has 4 N–H and O–H groups in total. The van der Waals surface area contributed by atoms with Crippen molar-refractivity contribution in [2.24, 2.45) is 5.92 Å². The molecule has 4 aromatic rings. The first-order chi connectivity index (χ1) is 24.0. The normalized spacial score (nSPS) is 19.5. The number of aromatic nitrogens is 5. The van der Waals surface area contributed by atoms with Crippen LogP contribution in [0.15, 0.2) is 71.5 Å². The molecule has 1 aliphatic heterocycles. The van der Waals surface area contributed by atoms with Gasteiger partial charge in [-0.2, -0.15) is 0 Å². The van der Waals surface area contributed by atoms with E-state index in [1.807, 2.05) is 44.2 Å². The van der Waals surface area contributed by atoms with Crippen LogP contribution in [-0.2, 0) is 33.9 Å². The molecule has 1 aliphatic rings. The maximum atomic E-state index is 13.8. The number of amides is 5. The maximum Gasteiger partial charge on any atom is 0.274 e. The second kappa shape index (κ2) is 16.5. The number of carbonyl (C=O) groups is 5. The SMILES string of the molecule is CC(C)C[C@H]1NC(=O)[C@@H](C)NC(=O)c2cc(on2)CN(C(=O)c2ccc(Cn3cnnn3)cc2)CCNC(=O)[C@@H](Cc2ccccc2)NC1=O. The highest BCUT2D eigenvalue weighted by Crippen LogP contribution is 2.14. The van der Waals surface area contributed by atoms with Gasteiger partial charge in [-0.3, -0.25) is 24.0 Å². The first kappa shape index (κ1) is 35.4. The number of benzene rings is 2. The lowest BCUT2D eigenvalue weighted by molar-refractivity contribution is -0.132. The van der Waals surface area contributed by atoms with Crippen molar-refractivity contribution in [3.05, 3.63) is 95.1 Å². The highest BCUT2D eigenvalue weighted by atomic mass is 16.5. The summed E-state index contributed by atoms with van der Waals surface area (Å²) in [5.41, 5.74) is 1.98. The Bertz CT molecular complexity index is 1780. The van der Waals surface area contributed by atoms with Crippen molar-refractivity contribution in [2.45, 2.75) is 64.8 Å². The summed E-state index contributed by atoms with van der Waals surface area (Å²) in [6.45, 7) is 5.74. The number of nitrogens with one attached hydrogen (secondary N) is 4. The fourth-order valence-corrected chi connectivity index (χ4v) is 5.41. The van der Waals surface area contributed by atoms with E-state index in [1.165, 1.54) is 24.2 Å². The third-order valence-electron chi connectivity index (χ3n) is 8.04. The summed E-state index contributed by atoms with van der Waals surface area (Å²) in [7, 11) is 0. The van der Waals surface area contributed by atoms with Crippen LogP contribution in [-0.4, -0.2) is 91.0 Å². The molecule has 0 saturated heterocycles. The minimum absolute atomic E-state index is 0.0227. The van der Waals surface area contributed by atoms with Gasteiger partial charge in [-0.15, -0.1) is 5.10 Å². The second-order valence-electron chi connectivity index (χ2n) is 12.5. The van der Waals surface area contributed by atoms with Crippen LogP contribution in [0.2, 0.25) is 0 Å². The summed E-state index contributed by atoms with van der Waals surface area (Å²) in [6, 6.07) is 14.6. The van der Waals surface area contributed by atoms with Crippen LogP contribution in [0.1, 0.15) is 64.9 Å². The molecule has 5 rings (SSSR count). The summed E-state index contributed by atoms with van der Waals surface area (Å²) in [6.07, 6.45) is 1.97. The topological polar surface area (TPSA) is 206 Å². The molecule has 2 aromatic carbocycles. The highest BCUT2D eigenvalue weighted by molar-refractivity contribution is 5.98. The minimum Gasteiger partial charge on any atom is -0.359 e. The van der Waals surface area contributed by atoms with Crippen molar-refractivity contribution in [3.8, 4) is 0 Å². The highest BCUT2D eigenvalue weighted by Gasteiger charge is 2.30. The van der Waals surface area contributed by atoms with E-state index in [-0.39, 0.29) is 49.3 Å². The molecule has 5 amide bonds. The first-order valence-electron chi connectivity index (χ1n) is 16.3. The zero-order chi connectivity index (χ0) is 35.6. The maximum absolute atomic E-state index is 13.8. The van der Waals surface area contributed by atoms with E-state index in [4.69, 9.17) is 4.52 Å². The molecule has 16 nitrogen and oxygen atoms in total. The molecule has 2 aromatic heterocycles. The first-order valence-corrected chi connectivity index (χ1v) is 16.3. The molecule has 0 radical (unpaired) electrons. The second-order valence-corrected chi connectivity index (χ2v) is 12.5. The van der Waals surface area contributed by atoms with Crippen LogP contribution in [0, 0.1) is 5.92 Å². The number of tetrazole rings is 1. The quantitative estimate of drug-likeness (QED) is 0.216. The fraction of sp³-hybridized carbons (Fsp3) is 0.382. The molecular formula is C34H40N10O6. The summed E-state index contributed by atoms with van der Waals surface area (Å²) in [5.74, 6) is -2.37. The fourth-order valence-electron chi connectivity index (χ4n) is 5.41. The Morgan fingerprint density at radius 1 is 0.920 bits per heavy atom. The van der Waals surface area contributed by atoms with E-state index in [0.717, 1.165) is 11.1 Å². The number of fused-ring (bicyclic) bond motifs is 2. The zero-order valence-electron chi connectivity index (χ0n) is 28.0. The Kier molecular flexibility index (Phi) is 11.6. The number of rotatable bonds is 7. The van der Waals surface area contributed by atoms with Gasteiger partial charge in [0.25, 0.3) is 11.8 Å². The van der Waals surface area contributed by atoms with Gasteiger partial charge in [-0.1, -0.05) is 61.5 Å². The molecule has 2 bridgehead atoms. The molecule has 3 heterocycles. The van der Waals surface area contributed by atoms with E-state index >= 15 is 0 Å². The lowest BCUT2D eigenvalue weighted by atomic mass is 10.0. The van der Waals surface area contributed by atoms with Crippen molar-refractivity contribution in [3.63, 3.8) is 0 Å². The van der Waals surface area contributed by atoms with E-state index < -0.39 is 41.8 Å². The van der Waals surface area contributed by atoms with Gasteiger partial charge in [0.1, 0.15) is 24.5 Å². The predicted octanol–water partition coefficient (Wildman–Crippen LogP) is 0.858. The van der Waals surface area contributed by atoms with Crippen LogP contribution >= 0.6 is 0 Å². The molecule has 50 heavy (non-hydrogen) atoms. The lowest BCUT2D eigenvalue weighted by Crippen LogP contribution is -2.57. The van der Waals surface area contributed by atoms with Crippen LogP contribution in [0.25, 0.3) is 0 Å². The van der Waals surface area contributed by atoms with Crippen LogP contribution in [0.4, 0.5) is 0 Å². The molecule has 0 aliphatic carbocycles. The smallest absolute Gasteiger partial charge is 0.274 e. The average Bonchev–Trinajstić information content (AvgIpc) is 3.79. The van der Waals surface area contributed by atoms with E-state index in [2.05, 4.69) is 41.9 Å². The lowest BCUT2D eigenvalue weighted by Gasteiger charge is -2.26. The standard InChI is InChI=1S/C34H40N10O6/c1-21(2)15-27-32(47)39-28(16-23-7-5-4-6-8-23)31(46)35-13-14-43(19-26-17-29(40-50-26)33(48)37-22(3)30(45)38-27)34(49)25-11-9-24(10-12-25)18-44-20-36-41-42-44/h4-12,17,20-22,27-28H,13-16,18-19H2,1-3H3,(H,35,46)(H,37,48)(H,38,45)(H,39,47)/t22-,27-,28-/m1/s1. The Labute approximate surface area is 288 Å². The van der Waals surface area contributed by atoms with Crippen molar-refractivity contribution in [1.29, 1.82) is 0 Å². The Morgan fingerprint density at radius 2 is 1.66 bits per heavy atom. The van der Waals surface area contributed by atoms with Crippen molar-refractivity contribution >= 4 is 29.5 Å². The van der Waals surface area contributed by atoms with E-state index in [9.17, 15) is 24.0 Å². The predicted molar refractivity (Wildman–Crippen MR) is 178 cm³/mol. The van der Waals surface area contributed by atoms with Gasteiger partial charge in [-0.05, 0) is 52.9 Å². The molecule has 3 atom stereocenters. The average molecular weight is 685 g/mol. The summed E-state index contributed by atoms with van der Waals surface area (Å²) >= 11 is 0. The Hall–Kier alpha value is -5.93. The number of hydrogen-bond donors (Lipinski definition) is 4. The minimum atomic E-state index is -1.03. The Balaban J connectivity index is 1.41. The van der Waals surface area contributed by atoms with Gasteiger partial charge < -0.3 is 30.7 Å². The van der Waals surface area contributed by atoms with Gasteiger partial charge >= 0.3 is 0 Å². The van der Waals surface area contributed by atoms with Gasteiger partial charge in [0.05, 0.1) is 13.1 Å². The van der Waals surface area contributed by atoms with Crippen LogP contribution < -0.4 is 21.3 Å². The van der Waals surface area contributed by atoms with Crippen LogP contribution in [0.5, 0.6) is 0 Å². The monoisotopic (exact) mass is 684 g/mol.